The molecule has 2 aliphatic rings. The number of sulfonamides is 1. The van der Waals surface area contributed by atoms with E-state index >= 15 is 0 Å². The van der Waals surface area contributed by atoms with Gasteiger partial charge in [0, 0.05) is 19.0 Å². The molecule has 1 N–H and O–H groups in total. The van der Waals surface area contributed by atoms with Crippen molar-refractivity contribution in [1.82, 2.24) is 9.62 Å². The monoisotopic (exact) mass is 446 g/mol. The zero-order valence-electron chi connectivity index (χ0n) is 16.1. The van der Waals surface area contributed by atoms with Crippen molar-refractivity contribution < 1.29 is 27.1 Å². The maximum atomic E-state index is 13.3. The Bertz CT molecular complexity index is 894. The zero-order chi connectivity index (χ0) is 21.2. The molecule has 0 bridgehead atoms. The number of amides is 1. The van der Waals surface area contributed by atoms with Gasteiger partial charge in [-0.05, 0) is 43.9 Å². The van der Waals surface area contributed by atoms with Crippen molar-refractivity contribution in [2.75, 3.05) is 20.2 Å². The number of carbonyl (C=O) groups is 2. The minimum Gasteiger partial charge on any atom is -0.467 e. The summed E-state index contributed by atoms with van der Waals surface area (Å²) in [6, 6.07) is 3.28. The molecule has 10 heteroatoms. The Morgan fingerprint density at radius 3 is 2.41 bits per heavy atom. The summed E-state index contributed by atoms with van der Waals surface area (Å²) in [5, 5.41) is 2.61. The van der Waals surface area contributed by atoms with Gasteiger partial charge in [-0.2, -0.15) is 4.31 Å². The SMILES string of the molecule is COC(=O)C1(NC(=O)C2CCN(S(=O)(=O)c3ccc(F)c(Cl)c3)CC2)CCCC1. The van der Waals surface area contributed by atoms with Crippen molar-refractivity contribution in [3.63, 3.8) is 0 Å². The van der Waals surface area contributed by atoms with E-state index in [-0.39, 0.29) is 34.8 Å². The number of piperidine rings is 1. The maximum absolute atomic E-state index is 13.3. The Kier molecular flexibility index (Phi) is 6.50. The Labute approximate surface area is 174 Å². The van der Waals surface area contributed by atoms with E-state index in [1.54, 1.807) is 0 Å². The van der Waals surface area contributed by atoms with Gasteiger partial charge in [0.05, 0.1) is 17.0 Å². The summed E-state index contributed by atoms with van der Waals surface area (Å²) in [6.07, 6.45) is 3.43. The second-order valence-corrected chi connectivity index (χ2v) is 9.87. The van der Waals surface area contributed by atoms with Gasteiger partial charge in [-0.1, -0.05) is 24.4 Å². The lowest BCUT2D eigenvalue weighted by molar-refractivity contribution is -0.151. The number of nitrogens with zero attached hydrogens (tertiary/aromatic N) is 1. The number of halogens is 2. The lowest BCUT2D eigenvalue weighted by Gasteiger charge is -2.33. The molecule has 0 atom stereocenters. The molecule has 1 amide bonds. The highest BCUT2D eigenvalue weighted by atomic mass is 35.5. The third-order valence-electron chi connectivity index (χ3n) is 5.75. The lowest BCUT2D eigenvalue weighted by atomic mass is 9.92. The highest BCUT2D eigenvalue weighted by molar-refractivity contribution is 7.89. The minimum absolute atomic E-state index is 0.0811. The number of hydrogen-bond donors (Lipinski definition) is 1. The molecule has 1 aliphatic heterocycles. The van der Waals surface area contributed by atoms with Crippen molar-refractivity contribution in [3.05, 3.63) is 29.0 Å². The fraction of sp³-hybridized carbons (Fsp3) is 0.579. The molecular formula is C19H24ClFN2O5S. The van der Waals surface area contributed by atoms with Gasteiger partial charge < -0.3 is 10.1 Å². The second-order valence-electron chi connectivity index (χ2n) is 7.52. The molecular weight excluding hydrogens is 423 g/mol. The van der Waals surface area contributed by atoms with Gasteiger partial charge in [0.25, 0.3) is 0 Å². The van der Waals surface area contributed by atoms with Crippen LogP contribution in [0.5, 0.6) is 0 Å². The lowest BCUT2D eigenvalue weighted by Crippen LogP contribution is -2.55. The molecule has 0 aromatic heterocycles. The summed E-state index contributed by atoms with van der Waals surface area (Å²) in [7, 11) is -2.52. The molecule has 0 unspecified atom stereocenters. The van der Waals surface area contributed by atoms with Crippen molar-refractivity contribution in [2.45, 2.75) is 49.0 Å². The molecule has 1 aromatic carbocycles. The molecule has 1 saturated carbocycles. The van der Waals surface area contributed by atoms with Gasteiger partial charge in [-0.3, -0.25) is 4.79 Å². The number of nitrogens with one attached hydrogen (secondary N) is 1. The molecule has 0 radical (unpaired) electrons. The zero-order valence-corrected chi connectivity index (χ0v) is 17.7. The summed E-state index contributed by atoms with van der Waals surface area (Å²) in [5.41, 5.74) is -0.972. The van der Waals surface area contributed by atoms with Gasteiger partial charge in [0.15, 0.2) is 0 Å². The molecule has 1 aliphatic carbocycles. The Morgan fingerprint density at radius 1 is 1.24 bits per heavy atom. The quantitative estimate of drug-likeness (QED) is 0.701. The summed E-state index contributed by atoms with van der Waals surface area (Å²) >= 11 is 5.71. The van der Waals surface area contributed by atoms with Crippen LogP contribution in [0.4, 0.5) is 4.39 Å². The van der Waals surface area contributed by atoms with E-state index in [1.165, 1.54) is 17.5 Å². The van der Waals surface area contributed by atoms with Crippen LogP contribution in [0, 0.1) is 11.7 Å². The van der Waals surface area contributed by atoms with Gasteiger partial charge in [-0.15, -0.1) is 0 Å². The Hall–Kier alpha value is -1.71. The molecule has 3 rings (SSSR count). The number of carbonyl (C=O) groups excluding carboxylic acids is 2. The van der Waals surface area contributed by atoms with Crippen LogP contribution in [0.2, 0.25) is 5.02 Å². The van der Waals surface area contributed by atoms with Gasteiger partial charge >= 0.3 is 5.97 Å². The van der Waals surface area contributed by atoms with Gasteiger partial charge in [-0.25, -0.2) is 17.6 Å². The van der Waals surface area contributed by atoms with Crippen LogP contribution in [0.1, 0.15) is 38.5 Å². The fourth-order valence-corrected chi connectivity index (χ4v) is 5.78. The van der Waals surface area contributed by atoms with E-state index in [0.717, 1.165) is 25.0 Å². The van der Waals surface area contributed by atoms with Crippen LogP contribution >= 0.6 is 11.6 Å². The van der Waals surface area contributed by atoms with Crippen LogP contribution in [0.3, 0.4) is 0 Å². The van der Waals surface area contributed by atoms with Crippen molar-refractivity contribution in [1.29, 1.82) is 0 Å². The predicted molar refractivity (Wildman–Crippen MR) is 104 cm³/mol. The van der Waals surface area contributed by atoms with Crippen LogP contribution < -0.4 is 5.32 Å². The standard InChI is InChI=1S/C19H24ClFN2O5S/c1-28-18(25)19(8-2-3-9-19)22-17(24)13-6-10-23(11-7-13)29(26,27)14-4-5-16(21)15(20)12-14/h4-5,12-13H,2-3,6-11H2,1H3,(H,22,24). The molecule has 1 saturated heterocycles. The maximum Gasteiger partial charge on any atom is 0.331 e. The average Bonchev–Trinajstić information content (AvgIpc) is 3.19. The largest absolute Gasteiger partial charge is 0.467 e. The van der Waals surface area contributed by atoms with E-state index in [9.17, 15) is 22.4 Å². The number of ether oxygens (including phenoxy) is 1. The minimum atomic E-state index is -3.83. The predicted octanol–water partition coefficient (Wildman–Crippen LogP) is 2.48. The smallest absolute Gasteiger partial charge is 0.331 e. The third kappa shape index (κ3) is 4.41. The summed E-state index contributed by atoms with van der Waals surface area (Å²) < 4.78 is 45.0. The van der Waals surface area contributed by atoms with Crippen molar-refractivity contribution in [2.24, 2.45) is 5.92 Å². The van der Waals surface area contributed by atoms with E-state index in [0.29, 0.717) is 25.7 Å². The molecule has 2 fully saturated rings. The highest BCUT2D eigenvalue weighted by Gasteiger charge is 2.45. The second kappa shape index (κ2) is 8.57. The topological polar surface area (TPSA) is 92.8 Å². The number of hydrogen-bond acceptors (Lipinski definition) is 5. The fourth-order valence-electron chi connectivity index (χ4n) is 4.04. The third-order valence-corrected chi connectivity index (χ3v) is 7.93. The first-order valence-electron chi connectivity index (χ1n) is 9.55. The van der Waals surface area contributed by atoms with Crippen LogP contribution in [0.25, 0.3) is 0 Å². The van der Waals surface area contributed by atoms with Crippen LogP contribution in [-0.2, 0) is 24.3 Å². The normalized spacial score (nSPS) is 20.4. The first-order chi connectivity index (χ1) is 13.7. The Morgan fingerprint density at radius 2 is 1.86 bits per heavy atom. The van der Waals surface area contributed by atoms with Crippen LogP contribution in [-0.4, -0.2) is 50.3 Å². The summed E-state index contributed by atoms with van der Waals surface area (Å²) in [5.74, 6) is -1.76. The van der Waals surface area contributed by atoms with Crippen molar-refractivity contribution >= 4 is 33.5 Å². The number of benzene rings is 1. The average molecular weight is 447 g/mol. The first-order valence-corrected chi connectivity index (χ1v) is 11.4. The van der Waals surface area contributed by atoms with E-state index in [4.69, 9.17) is 16.3 Å². The number of methoxy groups -OCH3 is 1. The van der Waals surface area contributed by atoms with Crippen LogP contribution in [0.15, 0.2) is 23.1 Å². The molecule has 29 heavy (non-hydrogen) atoms. The molecule has 0 spiro atoms. The van der Waals surface area contributed by atoms with E-state index < -0.39 is 27.3 Å². The van der Waals surface area contributed by atoms with Crippen molar-refractivity contribution in [3.8, 4) is 0 Å². The number of rotatable bonds is 5. The van der Waals surface area contributed by atoms with Gasteiger partial charge in [0.2, 0.25) is 15.9 Å². The molecule has 7 nitrogen and oxygen atoms in total. The molecule has 1 aromatic rings. The molecule has 160 valence electrons. The first kappa shape index (κ1) is 22.0. The van der Waals surface area contributed by atoms with E-state index in [2.05, 4.69) is 5.32 Å². The van der Waals surface area contributed by atoms with E-state index in [1.807, 2.05) is 0 Å². The number of esters is 1. The Balaban J connectivity index is 1.64. The van der Waals surface area contributed by atoms with Gasteiger partial charge in [0.1, 0.15) is 11.4 Å². The summed E-state index contributed by atoms with van der Waals surface area (Å²) in [6.45, 7) is 0.307. The highest BCUT2D eigenvalue weighted by Crippen LogP contribution is 2.32. The summed E-state index contributed by atoms with van der Waals surface area (Å²) in [4.78, 5) is 24.8. The molecule has 1 heterocycles.